The first-order chi connectivity index (χ1) is 6.59. The zero-order valence-electron chi connectivity index (χ0n) is 7.65. The first-order valence-electron chi connectivity index (χ1n) is 4.24. The summed E-state index contributed by atoms with van der Waals surface area (Å²) in [6.07, 6.45) is 0. The van der Waals surface area contributed by atoms with Crippen LogP contribution in [-0.4, -0.2) is 15.3 Å². The highest BCUT2D eigenvalue weighted by Crippen LogP contribution is 2.34. The van der Waals surface area contributed by atoms with Crippen molar-refractivity contribution in [2.75, 3.05) is 0 Å². The van der Waals surface area contributed by atoms with Gasteiger partial charge in [-0.05, 0) is 41.5 Å². The van der Waals surface area contributed by atoms with Crippen molar-refractivity contribution < 1.29 is 15.3 Å². The average molecular weight is 190 g/mol. The number of aromatic hydroxyl groups is 3. The predicted octanol–water partition coefficient (Wildman–Crippen LogP) is 2.27. The summed E-state index contributed by atoms with van der Waals surface area (Å²) in [4.78, 5) is 0. The van der Waals surface area contributed by atoms with E-state index in [0.717, 1.165) is 10.8 Å². The van der Waals surface area contributed by atoms with Crippen LogP contribution in [0.25, 0.3) is 10.8 Å². The summed E-state index contributed by atoms with van der Waals surface area (Å²) >= 11 is 0. The van der Waals surface area contributed by atoms with Gasteiger partial charge in [-0.15, -0.1) is 0 Å². The first-order valence-corrected chi connectivity index (χ1v) is 4.24. The highest BCUT2D eigenvalue weighted by molar-refractivity contribution is 5.90. The van der Waals surface area contributed by atoms with Gasteiger partial charge in [0.1, 0.15) is 5.75 Å². The van der Waals surface area contributed by atoms with Crippen molar-refractivity contribution in [1.82, 2.24) is 0 Å². The number of benzene rings is 2. The molecule has 0 bridgehead atoms. The van der Waals surface area contributed by atoms with Crippen LogP contribution in [0.1, 0.15) is 5.56 Å². The normalized spacial score (nSPS) is 10.6. The summed E-state index contributed by atoms with van der Waals surface area (Å²) in [7, 11) is 0. The number of rotatable bonds is 0. The third-order valence-electron chi connectivity index (χ3n) is 2.36. The maximum absolute atomic E-state index is 9.43. The molecule has 2 aromatic rings. The van der Waals surface area contributed by atoms with Gasteiger partial charge in [0.15, 0.2) is 11.5 Å². The quantitative estimate of drug-likeness (QED) is 0.558. The number of aryl methyl sites for hydroxylation is 1. The maximum Gasteiger partial charge on any atom is 0.158 e. The van der Waals surface area contributed by atoms with Crippen LogP contribution >= 0.6 is 0 Å². The van der Waals surface area contributed by atoms with E-state index in [1.807, 2.05) is 0 Å². The maximum atomic E-state index is 9.43. The Labute approximate surface area is 80.9 Å². The van der Waals surface area contributed by atoms with E-state index >= 15 is 0 Å². The van der Waals surface area contributed by atoms with Gasteiger partial charge in [0.2, 0.25) is 0 Å². The average Bonchev–Trinajstić information content (AvgIpc) is 2.15. The molecule has 0 radical (unpaired) electrons. The Balaban J connectivity index is 2.89. The fourth-order valence-electron chi connectivity index (χ4n) is 1.49. The molecule has 0 aliphatic carbocycles. The molecule has 0 amide bonds. The Bertz CT molecular complexity index is 503. The number of phenols is 3. The lowest BCUT2D eigenvalue weighted by molar-refractivity contribution is 0.405. The van der Waals surface area contributed by atoms with Crippen molar-refractivity contribution in [1.29, 1.82) is 0 Å². The van der Waals surface area contributed by atoms with Crippen LogP contribution < -0.4 is 0 Å². The molecular weight excluding hydrogens is 180 g/mol. The molecule has 0 saturated carbocycles. The van der Waals surface area contributed by atoms with Crippen LogP contribution in [0.4, 0.5) is 0 Å². The SMILES string of the molecule is Cc1c(O)ccc2cc(O)c(O)cc12. The molecule has 0 heterocycles. The van der Waals surface area contributed by atoms with Crippen LogP contribution in [-0.2, 0) is 0 Å². The number of phenolic OH excluding ortho intramolecular Hbond substituents is 3. The van der Waals surface area contributed by atoms with Gasteiger partial charge in [-0.2, -0.15) is 0 Å². The lowest BCUT2D eigenvalue weighted by Gasteiger charge is -2.06. The standard InChI is InChI=1S/C11H10O3/c1-6-8-5-11(14)10(13)4-7(8)2-3-9(6)12/h2-5,12-14H,1H3. The Morgan fingerprint density at radius 1 is 0.857 bits per heavy atom. The minimum absolute atomic E-state index is 0.150. The van der Waals surface area contributed by atoms with E-state index in [-0.39, 0.29) is 17.2 Å². The minimum Gasteiger partial charge on any atom is -0.508 e. The molecule has 2 aromatic carbocycles. The van der Waals surface area contributed by atoms with E-state index in [1.54, 1.807) is 19.1 Å². The first kappa shape index (κ1) is 8.69. The monoisotopic (exact) mass is 190 g/mol. The lowest BCUT2D eigenvalue weighted by atomic mass is 10.0. The van der Waals surface area contributed by atoms with E-state index in [0.29, 0.717) is 5.56 Å². The molecule has 0 spiro atoms. The Kier molecular flexibility index (Phi) is 1.74. The Morgan fingerprint density at radius 3 is 2.21 bits per heavy atom. The molecule has 3 nitrogen and oxygen atoms in total. The second kappa shape index (κ2) is 2.80. The van der Waals surface area contributed by atoms with Crippen molar-refractivity contribution in [3.05, 3.63) is 29.8 Å². The fourth-order valence-corrected chi connectivity index (χ4v) is 1.49. The molecule has 0 aromatic heterocycles. The molecule has 14 heavy (non-hydrogen) atoms. The summed E-state index contributed by atoms with van der Waals surface area (Å²) in [5.41, 5.74) is 0.692. The molecular formula is C11H10O3. The predicted molar refractivity (Wildman–Crippen MR) is 53.7 cm³/mol. The molecule has 72 valence electrons. The largest absolute Gasteiger partial charge is 0.508 e. The van der Waals surface area contributed by atoms with Crippen LogP contribution in [0.3, 0.4) is 0 Å². The Morgan fingerprint density at radius 2 is 1.50 bits per heavy atom. The summed E-state index contributed by atoms with van der Waals surface area (Å²) in [6.45, 7) is 1.76. The zero-order chi connectivity index (χ0) is 10.3. The zero-order valence-corrected chi connectivity index (χ0v) is 7.65. The number of fused-ring (bicyclic) bond motifs is 1. The summed E-state index contributed by atoms with van der Waals surface area (Å²) in [6, 6.07) is 6.17. The molecule has 0 unspecified atom stereocenters. The van der Waals surface area contributed by atoms with Gasteiger partial charge in [0, 0.05) is 0 Å². The second-order valence-corrected chi connectivity index (χ2v) is 3.27. The van der Waals surface area contributed by atoms with Crippen LogP contribution in [0.15, 0.2) is 24.3 Å². The van der Waals surface area contributed by atoms with E-state index in [2.05, 4.69) is 0 Å². The van der Waals surface area contributed by atoms with Gasteiger partial charge in [0.25, 0.3) is 0 Å². The van der Waals surface area contributed by atoms with Gasteiger partial charge in [0.05, 0.1) is 0 Å². The second-order valence-electron chi connectivity index (χ2n) is 3.27. The van der Waals surface area contributed by atoms with Gasteiger partial charge in [-0.3, -0.25) is 0 Å². The van der Waals surface area contributed by atoms with Gasteiger partial charge < -0.3 is 15.3 Å². The van der Waals surface area contributed by atoms with E-state index in [1.165, 1.54) is 12.1 Å². The highest BCUT2D eigenvalue weighted by Gasteiger charge is 2.06. The van der Waals surface area contributed by atoms with Crippen molar-refractivity contribution in [3.63, 3.8) is 0 Å². The van der Waals surface area contributed by atoms with Crippen molar-refractivity contribution in [2.24, 2.45) is 0 Å². The summed E-state index contributed by atoms with van der Waals surface area (Å²) < 4.78 is 0. The molecule has 2 rings (SSSR count). The van der Waals surface area contributed by atoms with E-state index in [4.69, 9.17) is 0 Å². The molecule has 0 fully saturated rings. The summed E-state index contributed by atoms with van der Waals surface area (Å²) in [5, 5.41) is 29.5. The van der Waals surface area contributed by atoms with Gasteiger partial charge >= 0.3 is 0 Å². The van der Waals surface area contributed by atoms with E-state index in [9.17, 15) is 15.3 Å². The van der Waals surface area contributed by atoms with Gasteiger partial charge in [-0.1, -0.05) is 6.07 Å². The third kappa shape index (κ3) is 1.14. The van der Waals surface area contributed by atoms with Crippen LogP contribution in [0.2, 0.25) is 0 Å². The van der Waals surface area contributed by atoms with Crippen molar-refractivity contribution in [3.8, 4) is 17.2 Å². The van der Waals surface area contributed by atoms with Crippen molar-refractivity contribution in [2.45, 2.75) is 6.92 Å². The van der Waals surface area contributed by atoms with Crippen molar-refractivity contribution >= 4 is 10.8 Å². The highest BCUT2D eigenvalue weighted by atomic mass is 16.3. The smallest absolute Gasteiger partial charge is 0.158 e. The molecule has 0 aliphatic rings. The molecule has 3 N–H and O–H groups in total. The van der Waals surface area contributed by atoms with E-state index < -0.39 is 0 Å². The lowest BCUT2D eigenvalue weighted by Crippen LogP contribution is -1.80. The topological polar surface area (TPSA) is 60.7 Å². The van der Waals surface area contributed by atoms with Crippen LogP contribution in [0.5, 0.6) is 17.2 Å². The molecule has 0 aliphatic heterocycles. The number of hydrogen-bond donors (Lipinski definition) is 3. The van der Waals surface area contributed by atoms with Crippen LogP contribution in [0, 0.1) is 6.92 Å². The Hall–Kier alpha value is -1.90. The fraction of sp³-hybridized carbons (Fsp3) is 0.0909. The third-order valence-corrected chi connectivity index (χ3v) is 2.36. The summed E-state index contributed by atoms with van der Waals surface area (Å²) in [5.74, 6) is -0.142. The molecule has 0 atom stereocenters. The molecule has 0 saturated heterocycles. The minimum atomic E-state index is -0.175. The van der Waals surface area contributed by atoms with Gasteiger partial charge in [-0.25, -0.2) is 0 Å². The molecule has 3 heteroatoms. The number of hydrogen-bond acceptors (Lipinski definition) is 3.